The molecule has 0 spiro atoms. The molecular formula is C13H9N2O. The molecule has 0 aliphatic carbocycles. The number of ether oxygens (including phenoxy) is 1. The lowest BCUT2D eigenvalue weighted by Crippen LogP contribution is -1.83. The number of H-pyrrole nitrogens is 1. The van der Waals surface area contributed by atoms with E-state index in [4.69, 9.17) is 4.74 Å². The van der Waals surface area contributed by atoms with E-state index in [1.807, 2.05) is 42.5 Å². The molecule has 3 rings (SSSR count). The summed E-state index contributed by atoms with van der Waals surface area (Å²) in [5, 5.41) is 0. The van der Waals surface area contributed by atoms with Gasteiger partial charge in [-0.2, -0.15) is 0 Å². The van der Waals surface area contributed by atoms with Crippen LogP contribution in [0.5, 0.6) is 11.5 Å². The van der Waals surface area contributed by atoms with E-state index in [1.54, 1.807) is 6.33 Å². The third-order valence-corrected chi connectivity index (χ3v) is 2.32. The van der Waals surface area contributed by atoms with Crippen LogP contribution in [0, 0.1) is 6.07 Å². The highest BCUT2D eigenvalue weighted by Gasteiger charge is 2.00. The maximum atomic E-state index is 5.68. The van der Waals surface area contributed by atoms with Gasteiger partial charge in [-0.15, -0.1) is 0 Å². The van der Waals surface area contributed by atoms with E-state index in [0.29, 0.717) is 0 Å². The quantitative estimate of drug-likeness (QED) is 0.704. The molecule has 0 aliphatic heterocycles. The smallest absolute Gasteiger partial charge is 0.129 e. The summed E-state index contributed by atoms with van der Waals surface area (Å²) in [4.78, 5) is 7.22. The second kappa shape index (κ2) is 3.70. The van der Waals surface area contributed by atoms with Crippen LogP contribution in [0.1, 0.15) is 0 Å². The number of hydrogen-bond acceptors (Lipinski definition) is 2. The summed E-state index contributed by atoms with van der Waals surface area (Å²) < 4.78 is 5.68. The van der Waals surface area contributed by atoms with Crippen LogP contribution in [0.15, 0.2) is 48.8 Å². The van der Waals surface area contributed by atoms with E-state index in [-0.39, 0.29) is 0 Å². The minimum Gasteiger partial charge on any atom is -0.457 e. The molecule has 3 nitrogen and oxygen atoms in total. The number of hydrogen-bond donors (Lipinski definition) is 1. The molecule has 0 amide bonds. The number of nitrogens with zero attached hydrogens (tertiary/aromatic N) is 1. The highest BCUT2D eigenvalue weighted by molar-refractivity contribution is 5.76. The number of aromatic amines is 1. The standard InChI is InChI=1S/C13H9N2O/c1-2-4-10(5-3-1)16-11-6-7-12-13(8-11)15-9-14-12/h2-9H,(H,14,15). The summed E-state index contributed by atoms with van der Waals surface area (Å²) in [6, 6.07) is 16.1. The number of aromatic nitrogens is 2. The summed E-state index contributed by atoms with van der Waals surface area (Å²) in [7, 11) is 0. The van der Waals surface area contributed by atoms with Gasteiger partial charge < -0.3 is 9.72 Å². The monoisotopic (exact) mass is 209 g/mol. The predicted octanol–water partition coefficient (Wildman–Crippen LogP) is 3.16. The minimum absolute atomic E-state index is 0.783. The van der Waals surface area contributed by atoms with Crippen molar-refractivity contribution in [2.24, 2.45) is 0 Å². The van der Waals surface area contributed by atoms with E-state index in [0.717, 1.165) is 22.5 Å². The van der Waals surface area contributed by atoms with Gasteiger partial charge in [-0.1, -0.05) is 12.1 Å². The minimum atomic E-state index is 0.783. The summed E-state index contributed by atoms with van der Waals surface area (Å²) in [5.41, 5.74) is 1.91. The fraction of sp³-hybridized carbons (Fsp3) is 0. The zero-order chi connectivity index (χ0) is 10.8. The number of rotatable bonds is 2. The lowest BCUT2D eigenvalue weighted by atomic mass is 10.3. The van der Waals surface area contributed by atoms with Crippen molar-refractivity contribution in [1.82, 2.24) is 9.97 Å². The summed E-state index contributed by atoms with van der Waals surface area (Å²) in [5.74, 6) is 1.58. The van der Waals surface area contributed by atoms with Crippen molar-refractivity contribution >= 4 is 11.0 Å². The lowest BCUT2D eigenvalue weighted by molar-refractivity contribution is 0.483. The molecule has 0 aliphatic rings. The second-order valence-electron chi connectivity index (χ2n) is 3.42. The summed E-state index contributed by atoms with van der Waals surface area (Å²) in [6.07, 6.45) is 1.67. The van der Waals surface area contributed by atoms with Crippen LogP contribution in [-0.2, 0) is 0 Å². The highest BCUT2D eigenvalue weighted by atomic mass is 16.5. The molecule has 1 radical (unpaired) electrons. The molecule has 3 aromatic rings. The molecule has 16 heavy (non-hydrogen) atoms. The van der Waals surface area contributed by atoms with Crippen molar-refractivity contribution < 1.29 is 4.74 Å². The molecule has 0 saturated carbocycles. The number of imidazole rings is 1. The average molecular weight is 209 g/mol. The molecule has 0 unspecified atom stereocenters. The molecule has 77 valence electrons. The number of fused-ring (bicyclic) bond motifs is 1. The Morgan fingerprint density at radius 3 is 2.81 bits per heavy atom. The van der Waals surface area contributed by atoms with E-state index in [1.165, 1.54) is 0 Å². The van der Waals surface area contributed by atoms with Crippen molar-refractivity contribution in [2.75, 3.05) is 0 Å². The molecule has 1 aromatic heterocycles. The maximum Gasteiger partial charge on any atom is 0.129 e. The van der Waals surface area contributed by atoms with Gasteiger partial charge in [-0.25, -0.2) is 4.98 Å². The van der Waals surface area contributed by atoms with Crippen LogP contribution < -0.4 is 4.74 Å². The van der Waals surface area contributed by atoms with Gasteiger partial charge in [0.15, 0.2) is 0 Å². The summed E-state index contributed by atoms with van der Waals surface area (Å²) in [6.45, 7) is 0. The van der Waals surface area contributed by atoms with Gasteiger partial charge in [0.1, 0.15) is 11.5 Å². The van der Waals surface area contributed by atoms with E-state index < -0.39 is 0 Å². The zero-order valence-electron chi connectivity index (χ0n) is 8.47. The van der Waals surface area contributed by atoms with Gasteiger partial charge in [-0.05, 0) is 30.3 Å². The first kappa shape index (κ1) is 8.97. The lowest BCUT2D eigenvalue weighted by Gasteiger charge is -2.04. The average Bonchev–Trinajstić information content (AvgIpc) is 2.77. The Balaban J connectivity index is 1.94. The molecule has 0 atom stereocenters. The summed E-state index contributed by atoms with van der Waals surface area (Å²) >= 11 is 0. The fourth-order valence-electron chi connectivity index (χ4n) is 1.55. The molecule has 0 bridgehead atoms. The zero-order valence-corrected chi connectivity index (χ0v) is 8.47. The van der Waals surface area contributed by atoms with Gasteiger partial charge in [-0.3, -0.25) is 0 Å². The highest BCUT2D eigenvalue weighted by Crippen LogP contribution is 2.23. The fourth-order valence-corrected chi connectivity index (χ4v) is 1.55. The molecule has 1 N–H and O–H groups in total. The van der Waals surface area contributed by atoms with Crippen molar-refractivity contribution in [2.45, 2.75) is 0 Å². The van der Waals surface area contributed by atoms with Gasteiger partial charge in [0.25, 0.3) is 0 Å². The molecular weight excluding hydrogens is 200 g/mol. The largest absolute Gasteiger partial charge is 0.457 e. The second-order valence-corrected chi connectivity index (χ2v) is 3.42. The van der Waals surface area contributed by atoms with Crippen molar-refractivity contribution in [3.63, 3.8) is 0 Å². The van der Waals surface area contributed by atoms with Gasteiger partial charge >= 0.3 is 0 Å². The van der Waals surface area contributed by atoms with Crippen LogP contribution >= 0.6 is 0 Å². The van der Waals surface area contributed by atoms with Gasteiger partial charge in [0, 0.05) is 6.07 Å². The Morgan fingerprint density at radius 1 is 1.06 bits per heavy atom. The Morgan fingerprint density at radius 2 is 1.94 bits per heavy atom. The van der Waals surface area contributed by atoms with Crippen LogP contribution in [0.25, 0.3) is 11.0 Å². The molecule has 0 saturated heterocycles. The Hall–Kier alpha value is -2.29. The van der Waals surface area contributed by atoms with Gasteiger partial charge in [0.05, 0.1) is 17.4 Å². The molecule has 3 heteroatoms. The molecule has 0 fully saturated rings. The first-order valence-corrected chi connectivity index (χ1v) is 4.99. The Labute approximate surface area is 92.7 Å². The SMILES string of the molecule is [c]1ccc(Oc2ccc3[nH]cnc3c2)cc1. The third kappa shape index (κ3) is 1.63. The topological polar surface area (TPSA) is 37.9 Å². The Bertz CT molecular complexity index is 601. The first-order chi connectivity index (χ1) is 7.92. The number of nitrogens with one attached hydrogen (secondary N) is 1. The van der Waals surface area contributed by atoms with Crippen LogP contribution in [0.4, 0.5) is 0 Å². The van der Waals surface area contributed by atoms with Crippen LogP contribution in [0.3, 0.4) is 0 Å². The van der Waals surface area contributed by atoms with Crippen LogP contribution in [-0.4, -0.2) is 9.97 Å². The van der Waals surface area contributed by atoms with Crippen molar-refractivity contribution in [3.05, 3.63) is 54.9 Å². The van der Waals surface area contributed by atoms with E-state index >= 15 is 0 Å². The van der Waals surface area contributed by atoms with E-state index in [2.05, 4.69) is 16.0 Å². The molecule has 2 aromatic carbocycles. The third-order valence-electron chi connectivity index (χ3n) is 2.32. The molecule has 1 heterocycles. The number of benzene rings is 2. The predicted molar refractivity (Wildman–Crippen MR) is 61.4 cm³/mol. The van der Waals surface area contributed by atoms with E-state index in [9.17, 15) is 0 Å². The maximum absolute atomic E-state index is 5.68. The van der Waals surface area contributed by atoms with Crippen molar-refractivity contribution in [3.8, 4) is 11.5 Å². The van der Waals surface area contributed by atoms with Crippen LogP contribution in [0.2, 0.25) is 0 Å². The Kier molecular flexibility index (Phi) is 2.07. The van der Waals surface area contributed by atoms with Crippen molar-refractivity contribution in [1.29, 1.82) is 0 Å². The van der Waals surface area contributed by atoms with Gasteiger partial charge in [0.2, 0.25) is 0 Å². The normalized spacial score (nSPS) is 10.5. The first-order valence-electron chi connectivity index (χ1n) is 4.99.